The quantitative estimate of drug-likeness (QED) is 0.599. The molecule has 5 rings (SSSR count). The minimum atomic E-state index is -0.591. The van der Waals surface area contributed by atoms with Crippen LogP contribution >= 0.6 is 0 Å². The molecule has 0 aromatic heterocycles. The minimum absolute atomic E-state index is 0.0482. The van der Waals surface area contributed by atoms with Gasteiger partial charge in [-0.2, -0.15) is 0 Å². The van der Waals surface area contributed by atoms with E-state index in [2.05, 4.69) is 16.0 Å². The van der Waals surface area contributed by atoms with Gasteiger partial charge in [0, 0.05) is 24.3 Å². The number of benzene rings is 2. The van der Waals surface area contributed by atoms with Crippen molar-refractivity contribution >= 4 is 11.7 Å². The minimum Gasteiger partial charge on any atom is -0.489 e. The molecule has 1 saturated carbocycles. The number of fused-ring (bicyclic) bond motifs is 2. The Hall–Kier alpha value is -2.74. The van der Waals surface area contributed by atoms with Crippen molar-refractivity contribution in [2.75, 3.05) is 0 Å². The monoisotopic (exact) mass is 420 g/mol. The molecule has 2 aromatic rings. The lowest BCUT2D eigenvalue weighted by molar-refractivity contribution is -0.138. The Kier molecular flexibility index (Phi) is 5.48. The SMILES string of the molecule is NC1NC(=O)C2C(N1)NC1CCCC(=O)C1C2c1ccc(OCc2ccccc2)cc1. The van der Waals surface area contributed by atoms with Gasteiger partial charge in [-0.25, -0.2) is 0 Å². The average Bonchev–Trinajstić information content (AvgIpc) is 2.77. The molecule has 3 fully saturated rings. The van der Waals surface area contributed by atoms with Crippen molar-refractivity contribution in [3.63, 3.8) is 0 Å². The van der Waals surface area contributed by atoms with Crippen molar-refractivity contribution in [1.82, 2.24) is 16.0 Å². The van der Waals surface area contributed by atoms with Crippen LogP contribution in [0.4, 0.5) is 0 Å². The van der Waals surface area contributed by atoms with E-state index in [9.17, 15) is 9.59 Å². The lowest BCUT2D eigenvalue weighted by Gasteiger charge is -2.51. The van der Waals surface area contributed by atoms with Crippen molar-refractivity contribution in [3.8, 4) is 5.75 Å². The molecule has 5 N–H and O–H groups in total. The summed E-state index contributed by atoms with van der Waals surface area (Å²) in [5.74, 6) is 0.0616. The molecular formula is C24H28N4O3. The molecule has 0 radical (unpaired) electrons. The van der Waals surface area contributed by atoms with Crippen LogP contribution in [0.2, 0.25) is 0 Å². The van der Waals surface area contributed by atoms with Gasteiger partial charge >= 0.3 is 0 Å². The summed E-state index contributed by atoms with van der Waals surface area (Å²) < 4.78 is 5.92. The number of hydrogen-bond acceptors (Lipinski definition) is 6. The molecule has 31 heavy (non-hydrogen) atoms. The normalized spacial score (nSPS) is 32.5. The van der Waals surface area contributed by atoms with E-state index < -0.39 is 12.2 Å². The lowest BCUT2D eigenvalue weighted by atomic mass is 9.64. The molecule has 2 aromatic carbocycles. The zero-order valence-electron chi connectivity index (χ0n) is 17.3. The van der Waals surface area contributed by atoms with Gasteiger partial charge in [0.25, 0.3) is 0 Å². The summed E-state index contributed by atoms with van der Waals surface area (Å²) in [5.41, 5.74) is 8.04. The fraction of sp³-hybridized carbons (Fsp3) is 0.417. The molecule has 2 aliphatic heterocycles. The van der Waals surface area contributed by atoms with Crippen molar-refractivity contribution in [2.24, 2.45) is 17.6 Å². The zero-order chi connectivity index (χ0) is 21.4. The van der Waals surface area contributed by atoms with E-state index in [1.165, 1.54) is 0 Å². The number of carbonyl (C=O) groups is 2. The van der Waals surface area contributed by atoms with Crippen molar-refractivity contribution < 1.29 is 14.3 Å². The van der Waals surface area contributed by atoms with E-state index in [1.807, 2.05) is 54.6 Å². The standard InChI is InChI=1S/C24H28N4O3/c25-24-27-22-21(23(30)28-24)19(20-17(26-22)7-4-8-18(20)29)15-9-11-16(12-10-15)31-13-14-5-2-1-3-6-14/h1-3,5-6,9-12,17,19-22,24,26-27H,4,7-8,13,25H2,(H,28,30). The van der Waals surface area contributed by atoms with E-state index in [-0.39, 0.29) is 35.7 Å². The van der Waals surface area contributed by atoms with Crippen LogP contribution in [0.15, 0.2) is 54.6 Å². The van der Waals surface area contributed by atoms with Crippen LogP contribution in [0.3, 0.4) is 0 Å². The number of ketones is 1. The second kappa shape index (κ2) is 8.42. The van der Waals surface area contributed by atoms with E-state index >= 15 is 0 Å². The molecule has 2 saturated heterocycles. The number of amides is 1. The van der Waals surface area contributed by atoms with Gasteiger partial charge in [-0.3, -0.25) is 26.0 Å². The highest BCUT2D eigenvalue weighted by Crippen LogP contribution is 2.44. The summed E-state index contributed by atoms with van der Waals surface area (Å²) >= 11 is 0. The summed E-state index contributed by atoms with van der Waals surface area (Å²) in [7, 11) is 0. The number of nitrogens with two attached hydrogens (primary N) is 1. The van der Waals surface area contributed by atoms with Crippen LogP contribution in [-0.2, 0) is 16.2 Å². The number of ether oxygens (including phenoxy) is 1. The predicted molar refractivity (Wildman–Crippen MR) is 116 cm³/mol. The van der Waals surface area contributed by atoms with Crippen LogP contribution in [0.5, 0.6) is 5.75 Å². The Morgan fingerprint density at radius 3 is 2.48 bits per heavy atom. The first-order valence-electron chi connectivity index (χ1n) is 11.0. The number of carbonyl (C=O) groups excluding carboxylic acids is 2. The second-order valence-corrected chi connectivity index (χ2v) is 8.68. The highest BCUT2D eigenvalue weighted by Gasteiger charge is 2.53. The maximum Gasteiger partial charge on any atom is 0.228 e. The molecule has 6 unspecified atom stereocenters. The molecule has 6 atom stereocenters. The van der Waals surface area contributed by atoms with E-state index in [4.69, 9.17) is 10.5 Å². The summed E-state index contributed by atoms with van der Waals surface area (Å²) in [6, 6.07) is 17.9. The number of Topliss-reactive ketones (excluding diaryl/α,β-unsaturated/α-hetero) is 1. The highest BCUT2D eigenvalue weighted by atomic mass is 16.5. The van der Waals surface area contributed by atoms with Crippen LogP contribution in [-0.4, -0.2) is 30.2 Å². The van der Waals surface area contributed by atoms with Gasteiger partial charge in [0.1, 0.15) is 24.4 Å². The van der Waals surface area contributed by atoms with Crippen LogP contribution in [0.25, 0.3) is 0 Å². The Balaban J connectivity index is 1.41. The van der Waals surface area contributed by atoms with Gasteiger partial charge in [-0.05, 0) is 36.1 Å². The molecular weight excluding hydrogens is 392 g/mol. The fourth-order valence-electron chi connectivity index (χ4n) is 5.36. The highest BCUT2D eigenvalue weighted by molar-refractivity contribution is 5.87. The third-order valence-corrected chi connectivity index (χ3v) is 6.74. The second-order valence-electron chi connectivity index (χ2n) is 8.68. The number of rotatable bonds is 4. The Morgan fingerprint density at radius 2 is 1.71 bits per heavy atom. The molecule has 0 spiro atoms. The summed E-state index contributed by atoms with van der Waals surface area (Å²) in [6.07, 6.45) is 1.53. The first kappa shape index (κ1) is 20.2. The smallest absolute Gasteiger partial charge is 0.228 e. The average molecular weight is 421 g/mol. The molecule has 1 amide bonds. The van der Waals surface area contributed by atoms with Gasteiger partial charge in [0.2, 0.25) is 5.91 Å². The molecule has 162 valence electrons. The maximum absolute atomic E-state index is 12.9. The number of nitrogens with one attached hydrogen (secondary N) is 3. The van der Waals surface area contributed by atoms with Gasteiger partial charge in [0.05, 0.1) is 12.1 Å². The first-order chi connectivity index (χ1) is 15.1. The zero-order valence-corrected chi connectivity index (χ0v) is 17.3. The van der Waals surface area contributed by atoms with Crippen LogP contribution in [0.1, 0.15) is 36.3 Å². The summed E-state index contributed by atoms with van der Waals surface area (Å²) in [6.45, 7) is 0.492. The van der Waals surface area contributed by atoms with Crippen molar-refractivity contribution in [3.05, 3.63) is 65.7 Å². The molecule has 2 heterocycles. The fourth-order valence-corrected chi connectivity index (χ4v) is 5.36. The first-order valence-corrected chi connectivity index (χ1v) is 11.0. The van der Waals surface area contributed by atoms with Gasteiger partial charge in [-0.1, -0.05) is 42.5 Å². The lowest BCUT2D eigenvalue weighted by Crippen LogP contribution is -2.74. The van der Waals surface area contributed by atoms with Crippen molar-refractivity contribution in [1.29, 1.82) is 0 Å². The molecule has 1 aliphatic carbocycles. The van der Waals surface area contributed by atoms with E-state index in [1.54, 1.807) is 0 Å². The Morgan fingerprint density at radius 1 is 0.935 bits per heavy atom. The topological polar surface area (TPSA) is 105 Å². The molecule has 7 heteroatoms. The van der Waals surface area contributed by atoms with Crippen LogP contribution < -0.4 is 26.4 Å². The molecule has 3 aliphatic rings. The third-order valence-electron chi connectivity index (χ3n) is 6.74. The maximum atomic E-state index is 12.9. The van der Waals surface area contributed by atoms with E-state index in [0.717, 1.165) is 29.7 Å². The summed E-state index contributed by atoms with van der Waals surface area (Å²) in [5, 5.41) is 9.54. The third kappa shape index (κ3) is 3.96. The van der Waals surface area contributed by atoms with Crippen LogP contribution in [0, 0.1) is 11.8 Å². The molecule has 0 bridgehead atoms. The van der Waals surface area contributed by atoms with Gasteiger partial charge in [-0.15, -0.1) is 0 Å². The number of piperidine rings is 1. The van der Waals surface area contributed by atoms with E-state index in [0.29, 0.717) is 13.0 Å². The van der Waals surface area contributed by atoms with Gasteiger partial charge in [0.15, 0.2) is 0 Å². The largest absolute Gasteiger partial charge is 0.489 e. The summed E-state index contributed by atoms with van der Waals surface area (Å²) in [4.78, 5) is 25.9. The van der Waals surface area contributed by atoms with Crippen molar-refractivity contribution in [2.45, 2.75) is 50.3 Å². The predicted octanol–water partition coefficient (Wildman–Crippen LogP) is 1.59. The Bertz CT molecular complexity index is 949. The Labute approximate surface area is 181 Å². The van der Waals surface area contributed by atoms with Gasteiger partial charge < -0.3 is 10.1 Å². The number of hydrogen-bond donors (Lipinski definition) is 4. The molecule has 7 nitrogen and oxygen atoms in total.